The summed E-state index contributed by atoms with van der Waals surface area (Å²) in [5.41, 5.74) is 3.65. The first-order chi connectivity index (χ1) is 9.72. The minimum atomic E-state index is 0.607. The lowest BCUT2D eigenvalue weighted by atomic mass is 10.3. The number of fused-ring (bicyclic) bond motifs is 1. The summed E-state index contributed by atoms with van der Waals surface area (Å²) in [6, 6.07) is 13.6. The summed E-state index contributed by atoms with van der Waals surface area (Å²) in [5.74, 6) is 0. The SMILES string of the molecule is Clc1cc(NCc2cnc3ccccc3n2)ccc1Br. The average molecular weight is 349 g/mol. The molecule has 0 saturated heterocycles. The molecule has 0 radical (unpaired) electrons. The molecule has 0 unspecified atom stereocenters. The first kappa shape index (κ1) is 13.3. The Morgan fingerprint density at radius 2 is 1.90 bits per heavy atom. The summed E-state index contributed by atoms with van der Waals surface area (Å²) in [6.45, 7) is 0.607. The molecule has 3 nitrogen and oxygen atoms in total. The van der Waals surface area contributed by atoms with Gasteiger partial charge in [0.15, 0.2) is 0 Å². The van der Waals surface area contributed by atoms with Crippen molar-refractivity contribution in [3.63, 3.8) is 0 Å². The van der Waals surface area contributed by atoms with Crippen LogP contribution in [0.5, 0.6) is 0 Å². The number of aromatic nitrogens is 2. The highest BCUT2D eigenvalue weighted by Crippen LogP contribution is 2.25. The minimum absolute atomic E-state index is 0.607. The second-order valence-electron chi connectivity index (χ2n) is 4.33. The molecule has 3 aromatic rings. The van der Waals surface area contributed by atoms with Crippen LogP contribution in [0.1, 0.15) is 5.69 Å². The Kier molecular flexibility index (Phi) is 3.85. The van der Waals surface area contributed by atoms with E-state index >= 15 is 0 Å². The van der Waals surface area contributed by atoms with E-state index in [1.54, 1.807) is 6.20 Å². The smallest absolute Gasteiger partial charge is 0.0890 e. The standard InChI is InChI=1S/C15H11BrClN3/c16-12-6-5-10(7-13(12)17)18-8-11-9-19-14-3-1-2-4-15(14)20-11/h1-7,9,18H,8H2. The van der Waals surface area contributed by atoms with E-state index in [1.807, 2.05) is 42.5 Å². The van der Waals surface area contributed by atoms with E-state index in [0.717, 1.165) is 26.9 Å². The number of anilines is 1. The maximum atomic E-state index is 6.06. The van der Waals surface area contributed by atoms with Crippen molar-refractivity contribution in [2.24, 2.45) is 0 Å². The Hall–Kier alpha value is -1.65. The minimum Gasteiger partial charge on any atom is -0.379 e. The topological polar surface area (TPSA) is 37.8 Å². The molecule has 0 aliphatic rings. The first-order valence-electron chi connectivity index (χ1n) is 6.12. The number of halogens is 2. The number of nitrogens with one attached hydrogen (secondary N) is 1. The number of benzene rings is 2. The highest BCUT2D eigenvalue weighted by molar-refractivity contribution is 9.10. The number of hydrogen-bond donors (Lipinski definition) is 1. The molecule has 100 valence electrons. The van der Waals surface area contributed by atoms with Crippen molar-refractivity contribution in [1.29, 1.82) is 0 Å². The molecule has 5 heteroatoms. The lowest BCUT2D eigenvalue weighted by Gasteiger charge is -2.07. The first-order valence-corrected chi connectivity index (χ1v) is 7.29. The highest BCUT2D eigenvalue weighted by Gasteiger charge is 2.01. The Morgan fingerprint density at radius 3 is 2.70 bits per heavy atom. The Morgan fingerprint density at radius 1 is 1.10 bits per heavy atom. The van der Waals surface area contributed by atoms with Crippen LogP contribution < -0.4 is 5.32 Å². The van der Waals surface area contributed by atoms with Gasteiger partial charge in [0.1, 0.15) is 0 Å². The summed E-state index contributed by atoms with van der Waals surface area (Å²) >= 11 is 9.43. The number of hydrogen-bond acceptors (Lipinski definition) is 3. The molecule has 0 saturated carbocycles. The zero-order chi connectivity index (χ0) is 13.9. The molecule has 1 N–H and O–H groups in total. The van der Waals surface area contributed by atoms with E-state index in [1.165, 1.54) is 0 Å². The van der Waals surface area contributed by atoms with Gasteiger partial charge in [-0.05, 0) is 46.3 Å². The Labute approximate surface area is 130 Å². The maximum Gasteiger partial charge on any atom is 0.0890 e. The molecular weight excluding hydrogens is 338 g/mol. The van der Waals surface area contributed by atoms with Gasteiger partial charge in [0.25, 0.3) is 0 Å². The van der Waals surface area contributed by atoms with Crippen LogP contribution in [0.25, 0.3) is 11.0 Å². The van der Waals surface area contributed by atoms with E-state index in [-0.39, 0.29) is 0 Å². The summed E-state index contributed by atoms with van der Waals surface area (Å²) < 4.78 is 0.884. The fourth-order valence-electron chi connectivity index (χ4n) is 1.88. The van der Waals surface area contributed by atoms with Crippen LogP contribution in [-0.4, -0.2) is 9.97 Å². The molecule has 0 aliphatic heterocycles. The van der Waals surface area contributed by atoms with E-state index < -0.39 is 0 Å². The summed E-state index contributed by atoms with van der Waals surface area (Å²) in [5, 5.41) is 3.97. The number of para-hydroxylation sites is 2. The number of rotatable bonds is 3. The Balaban J connectivity index is 1.77. The van der Waals surface area contributed by atoms with Gasteiger partial charge in [-0.3, -0.25) is 4.98 Å². The van der Waals surface area contributed by atoms with Crippen LogP contribution in [0.15, 0.2) is 53.1 Å². The predicted molar refractivity (Wildman–Crippen MR) is 86.0 cm³/mol. The van der Waals surface area contributed by atoms with E-state index in [0.29, 0.717) is 11.6 Å². The van der Waals surface area contributed by atoms with Crippen molar-refractivity contribution in [2.75, 3.05) is 5.32 Å². The van der Waals surface area contributed by atoms with Crippen LogP contribution in [0.3, 0.4) is 0 Å². The quantitative estimate of drug-likeness (QED) is 0.748. The third-order valence-electron chi connectivity index (χ3n) is 2.89. The summed E-state index contributed by atoms with van der Waals surface area (Å²) in [7, 11) is 0. The van der Waals surface area contributed by atoms with Crippen LogP contribution in [0.2, 0.25) is 5.02 Å². The van der Waals surface area contributed by atoms with E-state index in [2.05, 4.69) is 31.2 Å². The molecule has 1 aromatic heterocycles. The van der Waals surface area contributed by atoms with Gasteiger partial charge in [0.05, 0.1) is 34.5 Å². The third kappa shape index (κ3) is 2.92. The molecule has 1 heterocycles. The van der Waals surface area contributed by atoms with Crippen molar-refractivity contribution in [2.45, 2.75) is 6.54 Å². The summed E-state index contributed by atoms with van der Waals surface area (Å²) in [6.07, 6.45) is 1.79. The molecule has 2 aromatic carbocycles. The van der Waals surface area contributed by atoms with Crippen LogP contribution >= 0.6 is 27.5 Å². The molecule has 0 fully saturated rings. The molecule has 3 rings (SSSR count). The fraction of sp³-hybridized carbons (Fsp3) is 0.0667. The van der Waals surface area contributed by atoms with Crippen molar-refractivity contribution < 1.29 is 0 Å². The zero-order valence-corrected chi connectivity index (χ0v) is 12.8. The van der Waals surface area contributed by atoms with Crippen molar-refractivity contribution in [3.05, 3.63) is 63.9 Å². The van der Waals surface area contributed by atoms with Crippen LogP contribution in [0, 0.1) is 0 Å². The lowest BCUT2D eigenvalue weighted by Crippen LogP contribution is -2.02. The largest absolute Gasteiger partial charge is 0.379 e. The van der Waals surface area contributed by atoms with Crippen LogP contribution in [-0.2, 0) is 6.54 Å². The second kappa shape index (κ2) is 5.77. The molecule has 0 bridgehead atoms. The maximum absolute atomic E-state index is 6.06. The monoisotopic (exact) mass is 347 g/mol. The van der Waals surface area contributed by atoms with Gasteiger partial charge in [0.2, 0.25) is 0 Å². The molecule has 0 amide bonds. The zero-order valence-electron chi connectivity index (χ0n) is 10.5. The van der Waals surface area contributed by atoms with Crippen molar-refractivity contribution in [1.82, 2.24) is 9.97 Å². The highest BCUT2D eigenvalue weighted by atomic mass is 79.9. The van der Waals surface area contributed by atoms with E-state index in [9.17, 15) is 0 Å². The van der Waals surface area contributed by atoms with Gasteiger partial charge in [-0.15, -0.1) is 0 Å². The molecular formula is C15H11BrClN3. The fourth-order valence-corrected chi connectivity index (χ4v) is 2.31. The molecule has 20 heavy (non-hydrogen) atoms. The predicted octanol–water partition coefficient (Wildman–Crippen LogP) is 4.66. The third-order valence-corrected chi connectivity index (χ3v) is 4.12. The normalized spacial score (nSPS) is 10.7. The van der Waals surface area contributed by atoms with Gasteiger partial charge < -0.3 is 5.32 Å². The van der Waals surface area contributed by atoms with Crippen molar-refractivity contribution in [3.8, 4) is 0 Å². The summed E-state index contributed by atoms with van der Waals surface area (Å²) in [4.78, 5) is 8.95. The van der Waals surface area contributed by atoms with Gasteiger partial charge in [-0.1, -0.05) is 23.7 Å². The molecule has 0 atom stereocenters. The number of nitrogens with zero attached hydrogens (tertiary/aromatic N) is 2. The Bertz CT molecular complexity index is 761. The van der Waals surface area contributed by atoms with Gasteiger partial charge in [0, 0.05) is 10.2 Å². The van der Waals surface area contributed by atoms with Gasteiger partial charge in [-0.25, -0.2) is 4.98 Å². The van der Waals surface area contributed by atoms with Crippen LogP contribution in [0.4, 0.5) is 5.69 Å². The van der Waals surface area contributed by atoms with E-state index in [4.69, 9.17) is 11.6 Å². The van der Waals surface area contributed by atoms with Gasteiger partial charge in [-0.2, -0.15) is 0 Å². The average Bonchev–Trinajstić information content (AvgIpc) is 2.48. The van der Waals surface area contributed by atoms with Gasteiger partial charge >= 0.3 is 0 Å². The van der Waals surface area contributed by atoms with Crippen molar-refractivity contribution >= 4 is 44.3 Å². The molecule has 0 aliphatic carbocycles. The second-order valence-corrected chi connectivity index (χ2v) is 5.59. The lowest BCUT2D eigenvalue weighted by molar-refractivity contribution is 1.04. The molecule has 0 spiro atoms.